The van der Waals surface area contributed by atoms with Crippen molar-refractivity contribution < 1.29 is 19.7 Å². The standard InChI is InChI=1S/C9H8BrFO3/c10-4-3-5(12)8(13)6(7(4)11)9(14)1-2-9/h3,12-14H,1-2H2. The fourth-order valence-corrected chi connectivity index (χ4v) is 1.81. The number of phenols is 2. The van der Waals surface area contributed by atoms with Crippen LogP contribution in [0.15, 0.2) is 10.5 Å². The minimum atomic E-state index is -1.31. The van der Waals surface area contributed by atoms with Crippen LogP contribution >= 0.6 is 15.9 Å². The van der Waals surface area contributed by atoms with Crippen molar-refractivity contribution in [1.29, 1.82) is 0 Å². The van der Waals surface area contributed by atoms with Crippen LogP contribution in [0, 0.1) is 5.82 Å². The van der Waals surface area contributed by atoms with E-state index in [0.717, 1.165) is 6.07 Å². The summed E-state index contributed by atoms with van der Waals surface area (Å²) in [6, 6.07) is 1.06. The van der Waals surface area contributed by atoms with E-state index in [4.69, 9.17) is 0 Å². The van der Waals surface area contributed by atoms with Gasteiger partial charge in [-0.3, -0.25) is 0 Å². The van der Waals surface area contributed by atoms with E-state index in [1.807, 2.05) is 0 Å². The summed E-state index contributed by atoms with van der Waals surface area (Å²) in [5.41, 5.74) is -1.53. The lowest BCUT2D eigenvalue weighted by Gasteiger charge is -2.13. The SMILES string of the molecule is Oc1cc(Br)c(F)c(C2(O)CC2)c1O. The molecule has 1 aromatic carbocycles. The van der Waals surface area contributed by atoms with Gasteiger partial charge in [0.25, 0.3) is 0 Å². The normalized spacial score (nSPS) is 18.2. The second kappa shape index (κ2) is 2.84. The minimum Gasteiger partial charge on any atom is -0.504 e. The third kappa shape index (κ3) is 1.27. The summed E-state index contributed by atoms with van der Waals surface area (Å²) in [5.74, 6) is -1.74. The fraction of sp³-hybridized carbons (Fsp3) is 0.333. The summed E-state index contributed by atoms with van der Waals surface area (Å²) in [4.78, 5) is 0. The molecule has 0 atom stereocenters. The Bertz CT molecular complexity index is 375. The first-order valence-corrected chi connectivity index (χ1v) is 4.88. The van der Waals surface area contributed by atoms with E-state index in [0.29, 0.717) is 12.8 Å². The van der Waals surface area contributed by atoms with Crippen molar-refractivity contribution in [2.24, 2.45) is 0 Å². The van der Waals surface area contributed by atoms with Gasteiger partial charge in [0.2, 0.25) is 0 Å². The van der Waals surface area contributed by atoms with E-state index >= 15 is 0 Å². The highest BCUT2D eigenvalue weighted by molar-refractivity contribution is 9.10. The molecular weight excluding hydrogens is 255 g/mol. The Labute approximate surface area is 87.9 Å². The number of rotatable bonds is 1. The second-order valence-corrected chi connectivity index (χ2v) is 4.30. The average Bonchev–Trinajstić information content (AvgIpc) is 2.81. The largest absolute Gasteiger partial charge is 0.504 e. The lowest BCUT2D eigenvalue weighted by molar-refractivity contribution is 0.141. The van der Waals surface area contributed by atoms with Gasteiger partial charge in [-0.1, -0.05) is 0 Å². The Balaban J connectivity index is 2.68. The van der Waals surface area contributed by atoms with E-state index in [1.165, 1.54) is 0 Å². The second-order valence-electron chi connectivity index (χ2n) is 3.45. The van der Waals surface area contributed by atoms with Crippen LogP contribution < -0.4 is 0 Å². The van der Waals surface area contributed by atoms with Crippen LogP contribution in [0.3, 0.4) is 0 Å². The molecule has 5 heteroatoms. The Morgan fingerprint density at radius 2 is 1.93 bits per heavy atom. The molecule has 0 aliphatic heterocycles. The van der Waals surface area contributed by atoms with Crippen LogP contribution in [-0.4, -0.2) is 15.3 Å². The summed E-state index contributed by atoms with van der Waals surface area (Å²) in [6.45, 7) is 0. The molecule has 0 saturated heterocycles. The van der Waals surface area contributed by atoms with Gasteiger partial charge >= 0.3 is 0 Å². The molecule has 0 radical (unpaired) electrons. The third-order valence-electron chi connectivity index (χ3n) is 2.36. The van der Waals surface area contributed by atoms with Crippen LogP contribution in [-0.2, 0) is 5.60 Å². The van der Waals surface area contributed by atoms with Crippen molar-refractivity contribution in [2.75, 3.05) is 0 Å². The van der Waals surface area contributed by atoms with Crippen LogP contribution in [0.5, 0.6) is 11.5 Å². The zero-order valence-electron chi connectivity index (χ0n) is 7.09. The zero-order chi connectivity index (χ0) is 10.5. The number of phenolic OH excluding ortho intramolecular Hbond substituents is 2. The van der Waals surface area contributed by atoms with Crippen molar-refractivity contribution in [2.45, 2.75) is 18.4 Å². The van der Waals surface area contributed by atoms with E-state index in [2.05, 4.69) is 15.9 Å². The predicted molar refractivity (Wildman–Crippen MR) is 50.6 cm³/mol. The maximum absolute atomic E-state index is 13.5. The first kappa shape index (κ1) is 9.73. The summed E-state index contributed by atoms with van der Waals surface area (Å²) in [7, 11) is 0. The number of hydrogen-bond donors (Lipinski definition) is 3. The monoisotopic (exact) mass is 262 g/mol. The molecule has 76 valence electrons. The van der Waals surface area contributed by atoms with Crippen molar-refractivity contribution in [3.05, 3.63) is 21.9 Å². The first-order valence-electron chi connectivity index (χ1n) is 4.08. The molecule has 0 aromatic heterocycles. The number of aliphatic hydroxyl groups is 1. The van der Waals surface area contributed by atoms with E-state index in [9.17, 15) is 19.7 Å². The van der Waals surface area contributed by atoms with Crippen molar-refractivity contribution in [3.63, 3.8) is 0 Å². The van der Waals surface area contributed by atoms with Crippen molar-refractivity contribution >= 4 is 15.9 Å². The molecule has 0 unspecified atom stereocenters. The van der Waals surface area contributed by atoms with Crippen LogP contribution in [0.2, 0.25) is 0 Å². The van der Waals surface area contributed by atoms with E-state index in [-0.39, 0.29) is 10.0 Å². The Kier molecular flexibility index (Phi) is 1.97. The molecule has 1 aliphatic carbocycles. The van der Waals surface area contributed by atoms with Gasteiger partial charge in [0.05, 0.1) is 15.6 Å². The highest BCUT2D eigenvalue weighted by Gasteiger charge is 2.47. The maximum atomic E-state index is 13.5. The molecule has 1 aliphatic rings. The molecule has 1 fully saturated rings. The molecule has 0 heterocycles. The molecule has 1 aromatic rings. The minimum absolute atomic E-state index is 0.0307. The Hall–Kier alpha value is -0.810. The van der Waals surface area contributed by atoms with E-state index in [1.54, 1.807) is 0 Å². The Morgan fingerprint density at radius 1 is 1.36 bits per heavy atom. The summed E-state index contributed by atoms with van der Waals surface area (Å²) in [5, 5.41) is 28.3. The average molecular weight is 263 g/mol. The first-order chi connectivity index (χ1) is 6.46. The van der Waals surface area contributed by atoms with Crippen LogP contribution in [0.1, 0.15) is 18.4 Å². The fourth-order valence-electron chi connectivity index (χ4n) is 1.40. The van der Waals surface area contributed by atoms with Gasteiger partial charge in [0, 0.05) is 6.07 Å². The molecule has 2 rings (SSSR count). The third-order valence-corrected chi connectivity index (χ3v) is 2.94. The zero-order valence-corrected chi connectivity index (χ0v) is 8.68. The number of halogens is 2. The van der Waals surface area contributed by atoms with Crippen LogP contribution in [0.4, 0.5) is 4.39 Å². The molecule has 0 amide bonds. The molecule has 0 spiro atoms. The van der Waals surface area contributed by atoms with Gasteiger partial charge in [0.15, 0.2) is 11.5 Å². The highest BCUT2D eigenvalue weighted by atomic mass is 79.9. The number of aromatic hydroxyl groups is 2. The molecule has 14 heavy (non-hydrogen) atoms. The number of benzene rings is 1. The molecule has 3 N–H and O–H groups in total. The number of hydrogen-bond acceptors (Lipinski definition) is 3. The topological polar surface area (TPSA) is 60.7 Å². The van der Waals surface area contributed by atoms with E-state index < -0.39 is 22.9 Å². The van der Waals surface area contributed by atoms with Gasteiger partial charge in [-0.2, -0.15) is 0 Å². The molecule has 1 saturated carbocycles. The Morgan fingerprint density at radius 3 is 2.43 bits per heavy atom. The highest BCUT2D eigenvalue weighted by Crippen LogP contribution is 2.52. The lowest BCUT2D eigenvalue weighted by atomic mass is 10.1. The van der Waals surface area contributed by atoms with Gasteiger partial charge in [0.1, 0.15) is 5.82 Å². The quantitative estimate of drug-likeness (QED) is 0.679. The van der Waals surface area contributed by atoms with Gasteiger partial charge in [-0.15, -0.1) is 0 Å². The molecule has 0 bridgehead atoms. The molecular formula is C9H8BrFO3. The summed E-state index contributed by atoms with van der Waals surface area (Å²) < 4.78 is 13.5. The smallest absolute Gasteiger partial charge is 0.166 e. The summed E-state index contributed by atoms with van der Waals surface area (Å²) >= 11 is 2.89. The molecule has 3 nitrogen and oxygen atoms in total. The van der Waals surface area contributed by atoms with Gasteiger partial charge < -0.3 is 15.3 Å². The van der Waals surface area contributed by atoms with Crippen molar-refractivity contribution in [3.8, 4) is 11.5 Å². The summed E-state index contributed by atoms with van der Waals surface area (Å²) in [6.07, 6.45) is 0.792. The van der Waals surface area contributed by atoms with Gasteiger partial charge in [-0.05, 0) is 28.8 Å². The van der Waals surface area contributed by atoms with Crippen molar-refractivity contribution in [1.82, 2.24) is 0 Å². The van der Waals surface area contributed by atoms with Gasteiger partial charge in [-0.25, -0.2) is 4.39 Å². The predicted octanol–water partition coefficient (Wildman–Crippen LogP) is 1.98. The van der Waals surface area contributed by atoms with Crippen LogP contribution in [0.25, 0.3) is 0 Å². The lowest BCUT2D eigenvalue weighted by Crippen LogP contribution is -2.08. The maximum Gasteiger partial charge on any atom is 0.166 e.